The van der Waals surface area contributed by atoms with E-state index in [4.69, 9.17) is 0 Å². The van der Waals surface area contributed by atoms with E-state index in [1.165, 1.54) is 6.42 Å². The van der Waals surface area contributed by atoms with Crippen molar-refractivity contribution < 1.29 is 12.8 Å². The minimum atomic E-state index is -3.29. The van der Waals surface area contributed by atoms with Gasteiger partial charge in [0.15, 0.2) is 0 Å². The van der Waals surface area contributed by atoms with Crippen molar-refractivity contribution in [2.45, 2.75) is 43.4 Å². The zero-order valence-corrected chi connectivity index (χ0v) is 11.2. The van der Waals surface area contributed by atoms with Gasteiger partial charge in [0.25, 0.3) is 0 Å². The van der Waals surface area contributed by atoms with Crippen LogP contribution in [0.2, 0.25) is 0 Å². The van der Waals surface area contributed by atoms with Crippen molar-refractivity contribution in [1.82, 2.24) is 4.72 Å². The first-order chi connectivity index (χ1) is 7.59. The van der Waals surface area contributed by atoms with Crippen LogP contribution in [0.1, 0.15) is 32.1 Å². The molecule has 0 aliphatic heterocycles. The van der Waals surface area contributed by atoms with Crippen LogP contribution in [0.15, 0.2) is 0 Å². The normalized spacial score (nSPS) is 26.9. The molecular formula is C10H20FNO2S2. The first-order valence-electron chi connectivity index (χ1n) is 5.68. The van der Waals surface area contributed by atoms with Crippen LogP contribution in [0.3, 0.4) is 0 Å². The highest BCUT2D eigenvalue weighted by molar-refractivity contribution is 7.99. The largest absolute Gasteiger partial charge is 0.251 e. The van der Waals surface area contributed by atoms with Crippen molar-refractivity contribution in [2.75, 3.05) is 18.7 Å². The molecule has 0 aromatic rings. The van der Waals surface area contributed by atoms with Gasteiger partial charge in [-0.3, -0.25) is 4.39 Å². The van der Waals surface area contributed by atoms with Crippen molar-refractivity contribution in [1.29, 1.82) is 0 Å². The van der Waals surface area contributed by atoms with E-state index in [0.29, 0.717) is 5.25 Å². The third kappa shape index (κ3) is 4.59. The number of halogens is 1. The van der Waals surface area contributed by atoms with Crippen molar-refractivity contribution in [3.8, 4) is 0 Å². The van der Waals surface area contributed by atoms with E-state index in [1.54, 1.807) is 11.8 Å². The standard InChI is InChI=1S/C10H20FNO2S2/c1-15-10-6-3-2-5-9(10)12-16(13,14)8-4-7-11/h9-10,12H,2-8H2,1H3/t9-,10+/m1/s1. The summed E-state index contributed by atoms with van der Waals surface area (Å²) in [6.45, 7) is -0.572. The molecule has 0 heterocycles. The lowest BCUT2D eigenvalue weighted by Crippen LogP contribution is -2.44. The molecule has 0 bridgehead atoms. The van der Waals surface area contributed by atoms with Gasteiger partial charge in [-0.05, 0) is 25.5 Å². The number of hydrogen-bond donors (Lipinski definition) is 1. The predicted molar refractivity (Wildman–Crippen MR) is 67.1 cm³/mol. The van der Waals surface area contributed by atoms with E-state index >= 15 is 0 Å². The lowest BCUT2D eigenvalue weighted by Gasteiger charge is -2.30. The summed E-state index contributed by atoms with van der Waals surface area (Å²) in [6.07, 6.45) is 6.32. The molecule has 2 atom stereocenters. The summed E-state index contributed by atoms with van der Waals surface area (Å²) in [5.41, 5.74) is 0. The van der Waals surface area contributed by atoms with Crippen LogP contribution in [0, 0.1) is 0 Å². The maximum atomic E-state index is 11.9. The SMILES string of the molecule is CS[C@H]1CCCC[C@H]1NS(=O)(=O)CCCF. The Balaban J connectivity index is 2.50. The summed E-state index contributed by atoms with van der Waals surface area (Å²) in [5, 5.41) is 0.369. The summed E-state index contributed by atoms with van der Waals surface area (Å²) in [6, 6.07) is 0.0355. The fourth-order valence-corrected chi connectivity index (χ4v) is 4.42. The average Bonchev–Trinajstić information content (AvgIpc) is 2.27. The molecule has 1 N–H and O–H groups in total. The van der Waals surface area contributed by atoms with Gasteiger partial charge in [0.2, 0.25) is 10.0 Å². The predicted octanol–water partition coefficient (Wildman–Crippen LogP) is 1.94. The van der Waals surface area contributed by atoms with Crippen molar-refractivity contribution in [2.24, 2.45) is 0 Å². The Kier molecular flexibility index (Phi) is 6.07. The highest BCUT2D eigenvalue weighted by Crippen LogP contribution is 2.27. The molecule has 1 aliphatic carbocycles. The van der Waals surface area contributed by atoms with Gasteiger partial charge in [0.05, 0.1) is 12.4 Å². The van der Waals surface area contributed by atoms with E-state index in [-0.39, 0.29) is 18.2 Å². The molecule has 0 spiro atoms. The molecule has 0 unspecified atom stereocenters. The molecule has 0 aromatic carbocycles. The van der Waals surface area contributed by atoms with Crippen LogP contribution in [-0.2, 0) is 10.0 Å². The van der Waals surface area contributed by atoms with Gasteiger partial charge in [-0.1, -0.05) is 12.8 Å². The highest BCUT2D eigenvalue weighted by Gasteiger charge is 2.27. The first-order valence-corrected chi connectivity index (χ1v) is 8.62. The van der Waals surface area contributed by atoms with Crippen molar-refractivity contribution in [3.05, 3.63) is 0 Å². The third-order valence-corrected chi connectivity index (χ3v) is 5.54. The van der Waals surface area contributed by atoms with Crippen LogP contribution >= 0.6 is 11.8 Å². The maximum Gasteiger partial charge on any atom is 0.211 e. The van der Waals surface area contributed by atoms with E-state index in [0.717, 1.165) is 19.3 Å². The van der Waals surface area contributed by atoms with Gasteiger partial charge < -0.3 is 0 Å². The fourth-order valence-electron chi connectivity index (χ4n) is 2.05. The molecule has 0 aromatic heterocycles. The minimum absolute atomic E-state index is 0.0355. The molecular weight excluding hydrogens is 249 g/mol. The zero-order valence-electron chi connectivity index (χ0n) is 9.62. The van der Waals surface area contributed by atoms with E-state index < -0.39 is 16.7 Å². The molecule has 0 amide bonds. The summed E-state index contributed by atoms with van der Waals surface area (Å²) in [7, 11) is -3.29. The summed E-state index contributed by atoms with van der Waals surface area (Å²) in [4.78, 5) is 0. The Morgan fingerprint density at radius 1 is 1.38 bits per heavy atom. The van der Waals surface area contributed by atoms with Crippen LogP contribution in [0.25, 0.3) is 0 Å². The second-order valence-electron chi connectivity index (χ2n) is 4.14. The van der Waals surface area contributed by atoms with Gasteiger partial charge in [-0.25, -0.2) is 13.1 Å². The Morgan fingerprint density at radius 2 is 2.06 bits per heavy atom. The molecule has 1 aliphatic rings. The summed E-state index contributed by atoms with van der Waals surface area (Å²) < 4.78 is 37.9. The summed E-state index contributed by atoms with van der Waals surface area (Å²) in [5.74, 6) is -0.0961. The number of nitrogens with one attached hydrogen (secondary N) is 1. The van der Waals surface area contributed by atoms with Crippen LogP contribution < -0.4 is 4.72 Å². The average molecular weight is 269 g/mol. The lowest BCUT2D eigenvalue weighted by atomic mass is 9.96. The van der Waals surface area contributed by atoms with Gasteiger partial charge in [-0.2, -0.15) is 11.8 Å². The third-order valence-electron chi connectivity index (χ3n) is 2.88. The molecule has 1 fully saturated rings. The van der Waals surface area contributed by atoms with Gasteiger partial charge in [-0.15, -0.1) is 0 Å². The van der Waals surface area contributed by atoms with E-state index in [9.17, 15) is 12.8 Å². The molecule has 1 rings (SSSR count). The van der Waals surface area contributed by atoms with Gasteiger partial charge in [0, 0.05) is 11.3 Å². The van der Waals surface area contributed by atoms with Crippen LogP contribution in [-0.4, -0.2) is 38.4 Å². The molecule has 1 saturated carbocycles. The number of alkyl halides is 1. The molecule has 16 heavy (non-hydrogen) atoms. The van der Waals surface area contributed by atoms with Gasteiger partial charge in [0.1, 0.15) is 0 Å². The summed E-state index contributed by atoms with van der Waals surface area (Å²) >= 11 is 1.72. The monoisotopic (exact) mass is 269 g/mol. The smallest absolute Gasteiger partial charge is 0.211 e. The topological polar surface area (TPSA) is 46.2 Å². The van der Waals surface area contributed by atoms with Crippen molar-refractivity contribution >= 4 is 21.8 Å². The molecule has 6 heteroatoms. The zero-order chi connectivity index (χ0) is 12.0. The Bertz CT molecular complexity index is 295. The molecule has 3 nitrogen and oxygen atoms in total. The molecule has 0 radical (unpaired) electrons. The number of hydrogen-bond acceptors (Lipinski definition) is 3. The quantitative estimate of drug-likeness (QED) is 0.801. The number of sulfonamides is 1. The van der Waals surface area contributed by atoms with Crippen LogP contribution in [0.4, 0.5) is 4.39 Å². The Morgan fingerprint density at radius 3 is 2.69 bits per heavy atom. The van der Waals surface area contributed by atoms with E-state index in [1.807, 2.05) is 6.26 Å². The van der Waals surface area contributed by atoms with Gasteiger partial charge >= 0.3 is 0 Å². The van der Waals surface area contributed by atoms with E-state index in [2.05, 4.69) is 4.72 Å². The Labute approximate surface area is 102 Å². The highest BCUT2D eigenvalue weighted by atomic mass is 32.2. The maximum absolute atomic E-state index is 11.9. The second-order valence-corrected chi connectivity index (χ2v) is 7.09. The number of rotatable bonds is 6. The van der Waals surface area contributed by atoms with Crippen molar-refractivity contribution in [3.63, 3.8) is 0 Å². The minimum Gasteiger partial charge on any atom is -0.251 e. The first kappa shape index (κ1) is 14.3. The van der Waals surface area contributed by atoms with Crippen LogP contribution in [0.5, 0.6) is 0 Å². The fraction of sp³-hybridized carbons (Fsp3) is 1.00. The lowest BCUT2D eigenvalue weighted by molar-refractivity contribution is 0.421. The number of thioether (sulfide) groups is 1. The molecule has 0 saturated heterocycles. The Hall–Kier alpha value is 0.190. The second kappa shape index (κ2) is 6.81. The molecule has 96 valence electrons.